The molecule has 0 amide bonds. The topological polar surface area (TPSA) is 40.5 Å². The number of halogens is 3. The number of nitrogens with zero attached hydrogens (tertiary/aromatic N) is 1. The van der Waals surface area contributed by atoms with Crippen LogP contribution in [-0.4, -0.2) is 30.7 Å². The zero-order valence-electron chi connectivity index (χ0n) is 19.1. The summed E-state index contributed by atoms with van der Waals surface area (Å²) in [5, 5.41) is 10.8. The highest BCUT2D eigenvalue weighted by Gasteiger charge is 2.60. The smallest absolute Gasteiger partial charge is 0.372 e. The summed E-state index contributed by atoms with van der Waals surface area (Å²) in [4.78, 5) is 11.2. The third-order valence-corrected chi connectivity index (χ3v) is 4.93. The van der Waals surface area contributed by atoms with E-state index in [9.17, 15) is 23.1 Å². The molecule has 0 fully saturated rings. The van der Waals surface area contributed by atoms with Gasteiger partial charge in [0.15, 0.2) is 0 Å². The van der Waals surface area contributed by atoms with Gasteiger partial charge in [-0.3, -0.25) is 0 Å². The van der Waals surface area contributed by atoms with Crippen molar-refractivity contribution >= 4 is 12.0 Å². The van der Waals surface area contributed by atoms with Crippen molar-refractivity contribution in [2.24, 2.45) is 0 Å². The minimum Gasteiger partial charge on any atom is -0.372 e. The molecule has 1 N–H and O–H groups in total. The van der Waals surface area contributed by atoms with Gasteiger partial charge >= 0.3 is 6.18 Å². The highest BCUT2D eigenvalue weighted by molar-refractivity contribution is 5.82. The lowest BCUT2D eigenvalue weighted by Gasteiger charge is -2.30. The first-order valence-electron chi connectivity index (χ1n) is 11.0. The lowest BCUT2D eigenvalue weighted by Crippen LogP contribution is -2.41. The first-order valence-corrected chi connectivity index (χ1v) is 11.0. The average Bonchev–Trinajstić information content (AvgIpc) is 3.04. The molecule has 0 aromatic heterocycles. The summed E-state index contributed by atoms with van der Waals surface area (Å²) in [7, 11) is 0. The molecule has 3 rings (SSSR count). The normalized spacial score (nSPS) is 16.2. The number of anilines is 1. The van der Waals surface area contributed by atoms with Crippen molar-refractivity contribution in [3.05, 3.63) is 53.6 Å². The molecule has 3 nitrogen and oxygen atoms in total. The van der Waals surface area contributed by atoms with Crippen LogP contribution in [0.5, 0.6) is 0 Å². The standard InChI is InChI=1S/C20H22F3NO.C3H6O.C2H6/c1-3-11-24(12-4-2)14-9-10-16-15-7-5-6-8-17(15)19(25,18(16)13-14)20(21,22)23;1-2-3-4;1-2/h5-10,13,25H,3-4,11-12H2,1-2H3;3H,2H2,1H3;1-2H3. The molecule has 6 heteroatoms. The number of fused-ring (bicyclic) bond motifs is 3. The number of hydrogen-bond acceptors (Lipinski definition) is 3. The first-order chi connectivity index (χ1) is 14.8. The first kappa shape index (κ1) is 26.7. The quantitative estimate of drug-likeness (QED) is 0.511. The fraction of sp³-hybridized carbons (Fsp3) is 0.480. The van der Waals surface area contributed by atoms with E-state index in [1.807, 2.05) is 40.7 Å². The van der Waals surface area contributed by atoms with E-state index in [0.29, 0.717) is 17.5 Å². The van der Waals surface area contributed by atoms with Crippen molar-refractivity contribution in [3.8, 4) is 11.1 Å². The van der Waals surface area contributed by atoms with Gasteiger partial charge in [0.1, 0.15) is 6.29 Å². The number of carbonyl (C=O) groups excluding carboxylic acids is 1. The van der Waals surface area contributed by atoms with Crippen LogP contribution in [0.4, 0.5) is 18.9 Å². The van der Waals surface area contributed by atoms with Gasteiger partial charge < -0.3 is 14.8 Å². The number of aliphatic hydroxyl groups is 1. The van der Waals surface area contributed by atoms with Crippen molar-refractivity contribution in [3.63, 3.8) is 0 Å². The van der Waals surface area contributed by atoms with Gasteiger partial charge in [-0.1, -0.05) is 65.0 Å². The Balaban J connectivity index is 0.000000720. The molecule has 1 atom stereocenters. The van der Waals surface area contributed by atoms with E-state index in [1.54, 1.807) is 18.2 Å². The van der Waals surface area contributed by atoms with E-state index in [0.717, 1.165) is 37.9 Å². The van der Waals surface area contributed by atoms with Crippen molar-refractivity contribution in [2.45, 2.75) is 65.7 Å². The van der Waals surface area contributed by atoms with Crippen LogP contribution in [0.1, 0.15) is 65.0 Å². The van der Waals surface area contributed by atoms with Gasteiger partial charge in [0.05, 0.1) is 0 Å². The summed E-state index contributed by atoms with van der Waals surface area (Å²) < 4.78 is 41.6. The Morgan fingerprint density at radius 3 is 1.94 bits per heavy atom. The molecule has 1 aliphatic rings. The SMILES string of the molecule is CC.CCC=O.CCCN(CCC)c1ccc2c(c1)C(O)(C(F)(F)F)c1ccccc1-2. The predicted octanol–water partition coefficient (Wildman–Crippen LogP) is 6.71. The van der Waals surface area contributed by atoms with Gasteiger partial charge in [-0.2, -0.15) is 13.2 Å². The molecule has 2 aromatic rings. The van der Waals surface area contributed by atoms with E-state index < -0.39 is 11.8 Å². The lowest BCUT2D eigenvalue weighted by atomic mass is 9.90. The minimum atomic E-state index is -4.78. The van der Waals surface area contributed by atoms with Gasteiger partial charge in [0.2, 0.25) is 5.60 Å². The Kier molecular flexibility index (Phi) is 10.2. The summed E-state index contributed by atoms with van der Waals surface area (Å²) in [5.74, 6) is 0. The molecular weight excluding hydrogens is 403 g/mol. The number of hydrogen-bond donors (Lipinski definition) is 1. The van der Waals surface area contributed by atoms with Gasteiger partial charge in [-0.15, -0.1) is 0 Å². The maximum absolute atomic E-state index is 13.9. The Morgan fingerprint density at radius 2 is 1.45 bits per heavy atom. The maximum Gasteiger partial charge on any atom is 0.425 e. The summed E-state index contributed by atoms with van der Waals surface area (Å²) in [5.41, 5.74) is -1.51. The zero-order valence-corrected chi connectivity index (χ0v) is 19.1. The molecule has 2 aromatic carbocycles. The molecule has 0 spiro atoms. The number of aldehydes is 1. The van der Waals surface area contributed by atoms with Gasteiger partial charge in [-0.05, 0) is 36.1 Å². The van der Waals surface area contributed by atoms with Crippen LogP contribution in [0, 0.1) is 0 Å². The Morgan fingerprint density at radius 1 is 0.935 bits per heavy atom. The molecule has 31 heavy (non-hydrogen) atoms. The van der Waals surface area contributed by atoms with Gasteiger partial charge in [-0.25, -0.2) is 0 Å². The second-order valence-electron chi connectivity index (χ2n) is 7.05. The summed E-state index contributed by atoms with van der Waals surface area (Å²) in [6, 6.07) is 11.3. The predicted molar refractivity (Wildman–Crippen MR) is 121 cm³/mol. The molecule has 0 saturated carbocycles. The summed E-state index contributed by atoms with van der Waals surface area (Å²) >= 11 is 0. The van der Waals surface area contributed by atoms with Crippen LogP contribution in [0.25, 0.3) is 11.1 Å². The molecule has 0 saturated heterocycles. The third kappa shape index (κ3) is 5.48. The van der Waals surface area contributed by atoms with E-state index >= 15 is 0 Å². The number of alkyl halides is 3. The van der Waals surface area contributed by atoms with Crippen LogP contribution < -0.4 is 4.90 Å². The molecule has 1 aliphatic carbocycles. The molecule has 0 aliphatic heterocycles. The molecule has 1 unspecified atom stereocenters. The second-order valence-corrected chi connectivity index (χ2v) is 7.05. The molecule has 0 radical (unpaired) electrons. The van der Waals surface area contributed by atoms with Crippen molar-refractivity contribution in [2.75, 3.05) is 18.0 Å². The largest absolute Gasteiger partial charge is 0.425 e. The van der Waals surface area contributed by atoms with E-state index in [4.69, 9.17) is 0 Å². The number of carbonyl (C=O) groups is 1. The zero-order chi connectivity index (χ0) is 23.7. The third-order valence-electron chi connectivity index (χ3n) is 4.93. The average molecular weight is 438 g/mol. The lowest BCUT2D eigenvalue weighted by molar-refractivity contribution is -0.246. The van der Waals surface area contributed by atoms with Crippen LogP contribution in [0.3, 0.4) is 0 Å². The van der Waals surface area contributed by atoms with E-state index in [2.05, 4.69) is 4.90 Å². The van der Waals surface area contributed by atoms with Crippen LogP contribution in [0.15, 0.2) is 42.5 Å². The molecular formula is C25H34F3NO2. The van der Waals surface area contributed by atoms with E-state index in [1.165, 1.54) is 18.2 Å². The number of benzene rings is 2. The van der Waals surface area contributed by atoms with Crippen molar-refractivity contribution in [1.29, 1.82) is 0 Å². The molecule has 0 bridgehead atoms. The molecule has 172 valence electrons. The van der Waals surface area contributed by atoms with Crippen molar-refractivity contribution in [1.82, 2.24) is 0 Å². The second kappa shape index (κ2) is 11.9. The van der Waals surface area contributed by atoms with Crippen LogP contribution in [-0.2, 0) is 10.4 Å². The minimum absolute atomic E-state index is 0.0732. The highest BCUT2D eigenvalue weighted by atomic mass is 19.4. The van der Waals surface area contributed by atoms with Gasteiger partial charge in [0.25, 0.3) is 0 Å². The fourth-order valence-electron chi connectivity index (χ4n) is 3.66. The van der Waals surface area contributed by atoms with Gasteiger partial charge in [0, 0.05) is 36.3 Å². The van der Waals surface area contributed by atoms with Crippen LogP contribution >= 0.6 is 0 Å². The highest BCUT2D eigenvalue weighted by Crippen LogP contribution is 2.55. The Hall–Kier alpha value is -2.34. The summed E-state index contributed by atoms with van der Waals surface area (Å²) in [6.07, 6.45) is -1.46. The Bertz CT molecular complexity index is 830. The number of rotatable bonds is 6. The molecule has 0 heterocycles. The monoisotopic (exact) mass is 437 g/mol. The maximum atomic E-state index is 13.9. The van der Waals surface area contributed by atoms with Crippen molar-refractivity contribution < 1.29 is 23.1 Å². The van der Waals surface area contributed by atoms with E-state index in [-0.39, 0.29) is 11.1 Å². The van der Waals surface area contributed by atoms with Crippen LogP contribution in [0.2, 0.25) is 0 Å². The Labute approximate surface area is 183 Å². The summed E-state index contributed by atoms with van der Waals surface area (Å²) in [6.45, 7) is 11.4. The fourth-order valence-corrected chi connectivity index (χ4v) is 3.66.